The molecule has 2 aliphatic heterocycles. The number of nitrogens with one attached hydrogen (secondary N) is 2. The second kappa shape index (κ2) is 6.14. The Morgan fingerprint density at radius 2 is 2.18 bits per heavy atom. The number of hydrogen-bond acceptors (Lipinski definition) is 3. The summed E-state index contributed by atoms with van der Waals surface area (Å²) < 4.78 is 5.78. The number of halogens is 1. The van der Waals surface area contributed by atoms with Crippen LogP contribution in [0.1, 0.15) is 6.42 Å². The summed E-state index contributed by atoms with van der Waals surface area (Å²) in [6, 6.07) is 6.81. The number of rotatable bonds is 2. The highest BCUT2D eigenvalue weighted by Crippen LogP contribution is 2.32. The van der Waals surface area contributed by atoms with E-state index in [9.17, 15) is 9.59 Å². The molecule has 6 nitrogen and oxygen atoms in total. The number of likely N-dealkylation sites (tertiary alicyclic amines) is 1. The molecule has 2 saturated heterocycles. The van der Waals surface area contributed by atoms with Gasteiger partial charge in [-0.2, -0.15) is 0 Å². The molecule has 2 heterocycles. The highest BCUT2D eigenvalue weighted by Gasteiger charge is 2.45. The molecular formula is C15H18ClN3O3. The van der Waals surface area contributed by atoms with Gasteiger partial charge in [0.2, 0.25) is 5.91 Å². The molecule has 2 fully saturated rings. The molecule has 0 aliphatic carbocycles. The van der Waals surface area contributed by atoms with E-state index in [4.69, 9.17) is 16.3 Å². The molecule has 22 heavy (non-hydrogen) atoms. The van der Waals surface area contributed by atoms with E-state index in [1.807, 2.05) is 0 Å². The first-order valence-electron chi connectivity index (χ1n) is 7.25. The Balaban J connectivity index is 1.64. The van der Waals surface area contributed by atoms with Gasteiger partial charge in [-0.05, 0) is 24.6 Å². The zero-order valence-corrected chi connectivity index (χ0v) is 13.0. The van der Waals surface area contributed by atoms with Gasteiger partial charge in [0, 0.05) is 30.8 Å². The number of fused-ring (bicyclic) bond motifs is 2. The number of hydrogen-bond donors (Lipinski definition) is 2. The Morgan fingerprint density at radius 1 is 1.36 bits per heavy atom. The number of anilines is 1. The molecule has 1 aromatic rings. The third-order valence-electron chi connectivity index (χ3n) is 4.10. The maximum Gasteiger partial charge on any atom is 0.322 e. The van der Waals surface area contributed by atoms with Crippen molar-refractivity contribution in [3.8, 4) is 0 Å². The zero-order valence-electron chi connectivity index (χ0n) is 12.2. The largest absolute Gasteiger partial charge is 0.370 e. The standard InChI is InChI=1S/C15H18ClN3O3/c1-17-14(20)12-6-11-7-19(8-13(12)22-11)15(21)18-10-4-2-3-9(16)5-10/h2-5,11-13H,6-8H2,1H3,(H,17,20)(H,18,21)/t11-,12+,13+/m0/s1. The minimum Gasteiger partial charge on any atom is -0.370 e. The van der Waals surface area contributed by atoms with Crippen molar-refractivity contribution in [3.63, 3.8) is 0 Å². The predicted molar refractivity (Wildman–Crippen MR) is 82.9 cm³/mol. The van der Waals surface area contributed by atoms with Crippen LogP contribution in [-0.2, 0) is 9.53 Å². The van der Waals surface area contributed by atoms with Crippen molar-refractivity contribution in [2.24, 2.45) is 5.92 Å². The molecule has 0 radical (unpaired) electrons. The van der Waals surface area contributed by atoms with Gasteiger partial charge in [-0.15, -0.1) is 0 Å². The normalized spacial score (nSPS) is 26.6. The van der Waals surface area contributed by atoms with Gasteiger partial charge in [-0.3, -0.25) is 4.79 Å². The first-order valence-corrected chi connectivity index (χ1v) is 7.63. The molecule has 3 atom stereocenters. The molecule has 2 bridgehead atoms. The molecule has 0 unspecified atom stereocenters. The van der Waals surface area contributed by atoms with Gasteiger partial charge in [0.05, 0.1) is 18.1 Å². The van der Waals surface area contributed by atoms with Gasteiger partial charge in [0.15, 0.2) is 0 Å². The third kappa shape index (κ3) is 3.03. The SMILES string of the molecule is CNC(=O)[C@@H]1C[C@H]2CN(C(=O)Nc3cccc(Cl)c3)C[C@H]1O2. The number of urea groups is 1. The van der Waals surface area contributed by atoms with Crippen LogP contribution in [0.5, 0.6) is 0 Å². The summed E-state index contributed by atoms with van der Waals surface area (Å²) in [6.07, 6.45) is 0.348. The van der Waals surface area contributed by atoms with E-state index < -0.39 is 0 Å². The van der Waals surface area contributed by atoms with Crippen LogP contribution in [0.25, 0.3) is 0 Å². The van der Waals surface area contributed by atoms with Crippen LogP contribution in [-0.4, -0.2) is 49.2 Å². The molecule has 2 aliphatic rings. The lowest BCUT2D eigenvalue weighted by molar-refractivity contribution is -0.127. The number of carbonyl (C=O) groups is 2. The fraction of sp³-hybridized carbons (Fsp3) is 0.467. The highest BCUT2D eigenvalue weighted by atomic mass is 35.5. The van der Waals surface area contributed by atoms with E-state index in [0.717, 1.165) is 0 Å². The quantitative estimate of drug-likeness (QED) is 0.870. The second-order valence-corrected chi connectivity index (χ2v) is 6.03. The molecular weight excluding hydrogens is 306 g/mol. The number of amides is 3. The molecule has 1 aromatic carbocycles. The van der Waals surface area contributed by atoms with Crippen LogP contribution in [0.3, 0.4) is 0 Å². The van der Waals surface area contributed by atoms with Gasteiger partial charge in [0.1, 0.15) is 0 Å². The Morgan fingerprint density at radius 3 is 2.91 bits per heavy atom. The van der Waals surface area contributed by atoms with E-state index in [0.29, 0.717) is 30.2 Å². The Labute approximate surface area is 133 Å². The van der Waals surface area contributed by atoms with Crippen LogP contribution in [0.15, 0.2) is 24.3 Å². The summed E-state index contributed by atoms with van der Waals surface area (Å²) in [4.78, 5) is 25.9. The van der Waals surface area contributed by atoms with E-state index in [1.54, 1.807) is 36.2 Å². The van der Waals surface area contributed by atoms with Crippen molar-refractivity contribution in [3.05, 3.63) is 29.3 Å². The number of carbonyl (C=O) groups excluding carboxylic acids is 2. The number of nitrogens with zero attached hydrogens (tertiary/aromatic N) is 1. The minimum atomic E-state index is -0.233. The van der Waals surface area contributed by atoms with Crippen molar-refractivity contribution in [1.29, 1.82) is 0 Å². The summed E-state index contributed by atoms with van der Waals surface area (Å²) in [5.41, 5.74) is 0.652. The van der Waals surface area contributed by atoms with Crippen molar-refractivity contribution < 1.29 is 14.3 Å². The second-order valence-electron chi connectivity index (χ2n) is 5.60. The maximum absolute atomic E-state index is 12.4. The fourth-order valence-electron chi connectivity index (χ4n) is 3.05. The van der Waals surface area contributed by atoms with Gasteiger partial charge < -0.3 is 20.3 Å². The number of morpholine rings is 1. The van der Waals surface area contributed by atoms with Crippen molar-refractivity contribution in [1.82, 2.24) is 10.2 Å². The average Bonchev–Trinajstić information content (AvgIpc) is 2.80. The summed E-state index contributed by atoms with van der Waals surface area (Å²) in [5, 5.41) is 6.05. The number of ether oxygens (including phenoxy) is 1. The first kappa shape index (κ1) is 15.1. The van der Waals surface area contributed by atoms with E-state index in [1.165, 1.54) is 0 Å². The fourth-order valence-corrected chi connectivity index (χ4v) is 3.24. The van der Waals surface area contributed by atoms with E-state index in [-0.39, 0.29) is 30.1 Å². The molecule has 0 saturated carbocycles. The van der Waals surface area contributed by atoms with Crippen molar-refractivity contribution in [2.45, 2.75) is 18.6 Å². The van der Waals surface area contributed by atoms with Crippen LogP contribution >= 0.6 is 11.6 Å². The van der Waals surface area contributed by atoms with Gasteiger partial charge >= 0.3 is 6.03 Å². The molecule has 0 spiro atoms. The molecule has 7 heteroatoms. The predicted octanol–water partition coefficient (Wildman–Crippen LogP) is 1.71. The third-order valence-corrected chi connectivity index (χ3v) is 4.34. The van der Waals surface area contributed by atoms with Crippen LogP contribution in [0.4, 0.5) is 10.5 Å². The van der Waals surface area contributed by atoms with Crippen LogP contribution in [0.2, 0.25) is 5.02 Å². The zero-order chi connectivity index (χ0) is 15.7. The molecule has 3 amide bonds. The van der Waals surface area contributed by atoms with E-state index in [2.05, 4.69) is 10.6 Å². The van der Waals surface area contributed by atoms with Gasteiger partial charge in [-0.25, -0.2) is 4.79 Å². The smallest absolute Gasteiger partial charge is 0.322 e. The lowest BCUT2D eigenvalue weighted by Crippen LogP contribution is -2.49. The Kier molecular flexibility index (Phi) is 4.22. The number of benzene rings is 1. The summed E-state index contributed by atoms with van der Waals surface area (Å²) in [6.45, 7) is 0.914. The average molecular weight is 324 g/mol. The topological polar surface area (TPSA) is 70.7 Å². The molecule has 2 N–H and O–H groups in total. The molecule has 0 aromatic heterocycles. The first-order chi connectivity index (χ1) is 10.6. The Bertz CT molecular complexity index is 595. The Hall–Kier alpha value is -1.79. The van der Waals surface area contributed by atoms with Gasteiger partial charge in [0.25, 0.3) is 0 Å². The highest BCUT2D eigenvalue weighted by molar-refractivity contribution is 6.30. The molecule has 118 valence electrons. The molecule has 3 rings (SSSR count). The lowest BCUT2D eigenvalue weighted by atomic mass is 10.00. The van der Waals surface area contributed by atoms with Crippen LogP contribution < -0.4 is 10.6 Å². The summed E-state index contributed by atoms with van der Waals surface area (Å²) >= 11 is 5.91. The maximum atomic E-state index is 12.4. The summed E-state index contributed by atoms with van der Waals surface area (Å²) in [5.74, 6) is -0.205. The van der Waals surface area contributed by atoms with E-state index >= 15 is 0 Å². The minimum absolute atomic E-state index is 0.0235. The lowest BCUT2D eigenvalue weighted by Gasteiger charge is -2.32. The van der Waals surface area contributed by atoms with Gasteiger partial charge in [-0.1, -0.05) is 17.7 Å². The summed E-state index contributed by atoms with van der Waals surface area (Å²) in [7, 11) is 1.62. The van der Waals surface area contributed by atoms with Crippen molar-refractivity contribution in [2.75, 3.05) is 25.5 Å². The van der Waals surface area contributed by atoms with Crippen LogP contribution in [0, 0.1) is 5.92 Å². The van der Waals surface area contributed by atoms with Crippen molar-refractivity contribution >= 4 is 29.2 Å². The monoisotopic (exact) mass is 323 g/mol.